The summed E-state index contributed by atoms with van der Waals surface area (Å²) in [6.45, 7) is 5.00. The van der Waals surface area contributed by atoms with Crippen molar-refractivity contribution >= 4 is 12.0 Å². The molecule has 1 N–H and O–H groups in total. The summed E-state index contributed by atoms with van der Waals surface area (Å²) in [5, 5.41) is 2.93. The van der Waals surface area contributed by atoms with E-state index in [1.165, 1.54) is 4.57 Å². The normalized spacial score (nSPS) is 15.3. The van der Waals surface area contributed by atoms with Gasteiger partial charge in [-0.15, -0.1) is 0 Å². The number of hydrogen-bond acceptors (Lipinski definition) is 4. The molecule has 0 bridgehead atoms. The molecule has 0 spiro atoms. The molecular weight excluding hydrogens is 298 g/mol. The highest BCUT2D eigenvalue weighted by Gasteiger charge is 2.24. The fourth-order valence-corrected chi connectivity index (χ4v) is 2.63. The van der Waals surface area contributed by atoms with E-state index in [0.29, 0.717) is 38.1 Å². The van der Waals surface area contributed by atoms with Crippen LogP contribution in [0.1, 0.15) is 25.3 Å². The summed E-state index contributed by atoms with van der Waals surface area (Å²) in [5.41, 5.74) is 0.461. The smallest absolute Gasteiger partial charge is 0.409 e. The summed E-state index contributed by atoms with van der Waals surface area (Å²) >= 11 is 0. The van der Waals surface area contributed by atoms with Gasteiger partial charge in [0, 0.05) is 30.9 Å². The Bertz CT molecular complexity index is 618. The Morgan fingerprint density at radius 2 is 2.04 bits per heavy atom. The third kappa shape index (κ3) is 4.58. The third-order valence-electron chi connectivity index (χ3n) is 3.91. The molecule has 2 heterocycles. The van der Waals surface area contributed by atoms with E-state index >= 15 is 0 Å². The van der Waals surface area contributed by atoms with E-state index in [9.17, 15) is 14.4 Å². The number of amides is 2. The zero-order chi connectivity index (χ0) is 16.8. The highest BCUT2D eigenvalue weighted by molar-refractivity contribution is 5.76. The fraction of sp³-hybridized carbons (Fsp3) is 0.562. The van der Waals surface area contributed by atoms with Crippen LogP contribution in [0.15, 0.2) is 23.1 Å². The van der Waals surface area contributed by atoms with Crippen LogP contribution >= 0.6 is 0 Å². The van der Waals surface area contributed by atoms with Crippen LogP contribution in [0, 0.1) is 6.92 Å². The molecule has 1 fully saturated rings. The molecule has 1 aromatic heterocycles. The average Bonchev–Trinajstić information content (AvgIpc) is 2.53. The first-order valence-corrected chi connectivity index (χ1v) is 7.88. The summed E-state index contributed by atoms with van der Waals surface area (Å²) in [6, 6.07) is 3.50. The maximum absolute atomic E-state index is 12.1. The summed E-state index contributed by atoms with van der Waals surface area (Å²) in [6.07, 6.45) is 2.68. The third-order valence-corrected chi connectivity index (χ3v) is 3.91. The van der Waals surface area contributed by atoms with Crippen molar-refractivity contribution in [2.75, 3.05) is 19.7 Å². The largest absolute Gasteiger partial charge is 0.450 e. The van der Waals surface area contributed by atoms with Crippen LogP contribution in [0.2, 0.25) is 0 Å². The van der Waals surface area contributed by atoms with Crippen LogP contribution in [-0.2, 0) is 16.1 Å². The Morgan fingerprint density at radius 1 is 1.35 bits per heavy atom. The summed E-state index contributed by atoms with van der Waals surface area (Å²) < 4.78 is 6.36. The first-order valence-electron chi connectivity index (χ1n) is 7.88. The molecule has 7 nitrogen and oxygen atoms in total. The van der Waals surface area contributed by atoms with Crippen LogP contribution in [-0.4, -0.2) is 47.2 Å². The fourth-order valence-electron chi connectivity index (χ4n) is 2.63. The van der Waals surface area contributed by atoms with Gasteiger partial charge in [0.1, 0.15) is 6.54 Å². The lowest BCUT2D eigenvalue weighted by Crippen LogP contribution is -2.47. The lowest BCUT2D eigenvalue weighted by atomic mass is 10.1. The second kappa shape index (κ2) is 7.80. The number of nitrogens with one attached hydrogen (secondary N) is 1. The number of likely N-dealkylation sites (tertiary alicyclic amines) is 1. The molecule has 0 aliphatic carbocycles. The summed E-state index contributed by atoms with van der Waals surface area (Å²) in [7, 11) is 0. The topological polar surface area (TPSA) is 80.6 Å². The zero-order valence-corrected chi connectivity index (χ0v) is 13.6. The number of ether oxygens (including phenoxy) is 1. The minimum Gasteiger partial charge on any atom is -0.450 e. The summed E-state index contributed by atoms with van der Waals surface area (Å²) in [5.74, 6) is -0.188. The van der Waals surface area contributed by atoms with E-state index in [1.807, 2.05) is 0 Å². The van der Waals surface area contributed by atoms with Crippen molar-refractivity contribution in [1.82, 2.24) is 14.8 Å². The molecular formula is C16H23N3O4. The number of carbonyl (C=O) groups is 2. The van der Waals surface area contributed by atoms with Crippen LogP contribution in [0.25, 0.3) is 0 Å². The number of carbonyl (C=O) groups excluding carboxylic acids is 2. The van der Waals surface area contributed by atoms with Crippen LogP contribution in [0.5, 0.6) is 0 Å². The monoisotopic (exact) mass is 321 g/mol. The first kappa shape index (κ1) is 17.1. The van der Waals surface area contributed by atoms with Crippen molar-refractivity contribution in [3.63, 3.8) is 0 Å². The molecule has 0 radical (unpaired) electrons. The van der Waals surface area contributed by atoms with Crippen LogP contribution in [0.4, 0.5) is 4.79 Å². The number of aryl methyl sites for hydroxylation is 1. The van der Waals surface area contributed by atoms with Crippen molar-refractivity contribution in [1.29, 1.82) is 0 Å². The number of aromatic nitrogens is 1. The number of pyridine rings is 1. The Labute approximate surface area is 135 Å². The summed E-state index contributed by atoms with van der Waals surface area (Å²) in [4.78, 5) is 37.3. The molecule has 23 heavy (non-hydrogen) atoms. The van der Waals surface area contributed by atoms with E-state index in [4.69, 9.17) is 4.74 Å². The quantitative estimate of drug-likeness (QED) is 0.893. The van der Waals surface area contributed by atoms with E-state index in [2.05, 4.69) is 5.32 Å². The molecule has 1 aromatic rings. The van der Waals surface area contributed by atoms with Crippen molar-refractivity contribution in [2.45, 2.75) is 39.3 Å². The van der Waals surface area contributed by atoms with E-state index in [-0.39, 0.29) is 30.1 Å². The predicted molar refractivity (Wildman–Crippen MR) is 85.2 cm³/mol. The predicted octanol–water partition coefficient (Wildman–Crippen LogP) is 0.894. The van der Waals surface area contributed by atoms with E-state index in [0.717, 1.165) is 0 Å². The number of hydrogen-bond donors (Lipinski definition) is 1. The molecule has 1 aliphatic rings. The van der Waals surface area contributed by atoms with Gasteiger partial charge in [0.25, 0.3) is 5.56 Å². The molecule has 0 saturated carbocycles. The average molecular weight is 321 g/mol. The standard InChI is InChI=1S/C16H23N3O4/c1-3-23-16(22)18-9-6-13(7-10-18)17-14(20)11-19-8-4-5-12(2)15(19)21/h4-5,8,13H,3,6-7,9-11H2,1-2H3,(H,17,20). The molecule has 1 aliphatic heterocycles. The highest BCUT2D eigenvalue weighted by atomic mass is 16.6. The van der Waals surface area contributed by atoms with Crippen LogP contribution < -0.4 is 10.9 Å². The molecule has 126 valence electrons. The van der Waals surface area contributed by atoms with Crippen molar-refractivity contribution in [3.8, 4) is 0 Å². The Kier molecular flexibility index (Phi) is 5.78. The molecule has 0 unspecified atom stereocenters. The number of rotatable bonds is 4. The van der Waals surface area contributed by atoms with Gasteiger partial charge in [0.05, 0.1) is 6.61 Å². The Balaban J connectivity index is 1.82. The van der Waals surface area contributed by atoms with E-state index < -0.39 is 0 Å². The second-order valence-electron chi connectivity index (χ2n) is 5.65. The lowest BCUT2D eigenvalue weighted by Gasteiger charge is -2.31. The number of nitrogens with zero attached hydrogens (tertiary/aromatic N) is 2. The van der Waals surface area contributed by atoms with Crippen molar-refractivity contribution < 1.29 is 14.3 Å². The molecule has 0 aromatic carbocycles. The molecule has 1 saturated heterocycles. The molecule has 2 rings (SSSR count). The van der Waals surface area contributed by atoms with Gasteiger partial charge in [-0.1, -0.05) is 6.07 Å². The first-order chi connectivity index (χ1) is 11.0. The van der Waals surface area contributed by atoms with Gasteiger partial charge < -0.3 is 19.5 Å². The van der Waals surface area contributed by atoms with E-state index in [1.54, 1.807) is 37.1 Å². The molecule has 0 atom stereocenters. The van der Waals surface area contributed by atoms with Gasteiger partial charge in [-0.3, -0.25) is 9.59 Å². The van der Waals surface area contributed by atoms with Gasteiger partial charge in [-0.05, 0) is 32.8 Å². The van der Waals surface area contributed by atoms with Crippen molar-refractivity contribution in [2.24, 2.45) is 0 Å². The molecule has 7 heteroatoms. The van der Waals surface area contributed by atoms with Crippen LogP contribution in [0.3, 0.4) is 0 Å². The second-order valence-corrected chi connectivity index (χ2v) is 5.65. The van der Waals surface area contributed by atoms with Gasteiger partial charge in [-0.2, -0.15) is 0 Å². The van der Waals surface area contributed by atoms with Crippen molar-refractivity contribution in [3.05, 3.63) is 34.2 Å². The lowest BCUT2D eigenvalue weighted by molar-refractivity contribution is -0.122. The SMILES string of the molecule is CCOC(=O)N1CCC(NC(=O)Cn2cccc(C)c2=O)CC1. The van der Waals surface area contributed by atoms with Gasteiger partial charge in [-0.25, -0.2) is 4.79 Å². The van der Waals surface area contributed by atoms with Gasteiger partial charge in [0.2, 0.25) is 5.91 Å². The van der Waals surface area contributed by atoms with Gasteiger partial charge >= 0.3 is 6.09 Å². The Hall–Kier alpha value is -2.31. The highest BCUT2D eigenvalue weighted by Crippen LogP contribution is 2.11. The minimum absolute atomic E-state index is 0.0125. The van der Waals surface area contributed by atoms with Gasteiger partial charge in [0.15, 0.2) is 0 Å². The number of piperidine rings is 1. The zero-order valence-electron chi connectivity index (χ0n) is 13.6. The molecule has 2 amide bonds. The Morgan fingerprint density at radius 3 is 2.70 bits per heavy atom. The maximum Gasteiger partial charge on any atom is 0.409 e. The maximum atomic E-state index is 12.1. The minimum atomic E-state index is -0.302.